The first-order valence-corrected chi connectivity index (χ1v) is 13.3. The third-order valence-electron chi connectivity index (χ3n) is 7.72. The van der Waals surface area contributed by atoms with Crippen molar-refractivity contribution in [1.82, 2.24) is 19.8 Å². The van der Waals surface area contributed by atoms with Gasteiger partial charge in [-0.25, -0.2) is 14.4 Å². The molecule has 1 amide bonds. The van der Waals surface area contributed by atoms with Gasteiger partial charge in [-0.2, -0.15) is 5.26 Å². The number of nitrogen functional groups attached to an aromatic ring is 1. The summed E-state index contributed by atoms with van der Waals surface area (Å²) in [6, 6.07) is 19.1. The van der Waals surface area contributed by atoms with Crippen LogP contribution in [-0.2, 0) is 4.79 Å². The summed E-state index contributed by atoms with van der Waals surface area (Å²) in [5.41, 5.74) is 7.80. The fourth-order valence-corrected chi connectivity index (χ4v) is 5.60. The van der Waals surface area contributed by atoms with Crippen LogP contribution in [0.2, 0.25) is 0 Å². The fraction of sp³-hybridized carbons (Fsp3) is 0.333. The number of carbonyl (C=O) groups excluding carboxylic acids is 1. The van der Waals surface area contributed by atoms with Gasteiger partial charge in [-0.1, -0.05) is 30.3 Å². The largest absolute Gasteiger partial charge is 0.474 e. The number of halogens is 1. The molecule has 10 heteroatoms. The second-order valence-electron chi connectivity index (χ2n) is 10.7. The maximum absolute atomic E-state index is 13.0. The number of aromatic nitrogens is 2. The molecule has 40 heavy (non-hydrogen) atoms. The number of nitrogens with zero attached hydrogens (tertiary/aromatic N) is 5. The molecule has 3 aliphatic rings. The number of amides is 1. The van der Waals surface area contributed by atoms with E-state index in [2.05, 4.69) is 9.97 Å². The highest BCUT2D eigenvalue weighted by atomic mass is 19.1. The fourth-order valence-electron chi connectivity index (χ4n) is 5.60. The molecule has 6 rings (SSSR count). The molecule has 1 saturated carbocycles. The predicted octanol–water partition coefficient (Wildman–Crippen LogP) is 3.99. The number of ether oxygens (including phenoxy) is 2. The van der Waals surface area contributed by atoms with Crippen LogP contribution in [0, 0.1) is 16.7 Å². The van der Waals surface area contributed by atoms with E-state index < -0.39 is 6.17 Å². The number of benzene rings is 2. The lowest BCUT2D eigenvalue weighted by molar-refractivity contribution is -0.156. The van der Waals surface area contributed by atoms with Crippen LogP contribution in [0.25, 0.3) is 11.1 Å². The van der Waals surface area contributed by atoms with E-state index in [4.69, 9.17) is 15.2 Å². The van der Waals surface area contributed by atoms with Crippen LogP contribution >= 0.6 is 0 Å². The molecule has 1 aromatic heterocycles. The lowest BCUT2D eigenvalue weighted by Crippen LogP contribution is -2.66. The number of carbonyl (C=O) groups is 1. The van der Waals surface area contributed by atoms with Crippen molar-refractivity contribution >= 4 is 11.7 Å². The first-order chi connectivity index (χ1) is 19.4. The molecule has 3 heterocycles. The highest BCUT2D eigenvalue weighted by Gasteiger charge is 2.55. The van der Waals surface area contributed by atoms with E-state index in [9.17, 15) is 14.4 Å². The number of para-hydroxylation sites is 1. The average molecular weight is 541 g/mol. The molecule has 0 bridgehead atoms. The van der Waals surface area contributed by atoms with E-state index in [-0.39, 0.29) is 23.0 Å². The van der Waals surface area contributed by atoms with E-state index in [0.29, 0.717) is 55.7 Å². The first kappa shape index (κ1) is 25.8. The van der Waals surface area contributed by atoms with Gasteiger partial charge in [0.05, 0.1) is 5.56 Å². The van der Waals surface area contributed by atoms with Crippen molar-refractivity contribution in [3.8, 4) is 34.6 Å². The molecule has 0 unspecified atom stereocenters. The molecule has 2 N–H and O–H groups in total. The Kier molecular flexibility index (Phi) is 6.82. The summed E-state index contributed by atoms with van der Waals surface area (Å²) < 4.78 is 25.2. The Hall–Kier alpha value is -4.49. The number of hydrogen-bond acceptors (Lipinski definition) is 8. The van der Waals surface area contributed by atoms with Gasteiger partial charge in [0.2, 0.25) is 5.88 Å². The molecular weight excluding hydrogens is 511 g/mol. The number of nitrogens with two attached hydrogens (primary N) is 1. The molecule has 0 atom stereocenters. The Balaban J connectivity index is 1.05. The average Bonchev–Trinajstić information content (AvgIpc) is 2.89. The van der Waals surface area contributed by atoms with Gasteiger partial charge in [-0.3, -0.25) is 9.69 Å². The molecule has 3 aromatic rings. The minimum Gasteiger partial charge on any atom is -0.474 e. The third-order valence-corrected chi connectivity index (χ3v) is 7.72. The summed E-state index contributed by atoms with van der Waals surface area (Å²) in [7, 11) is 0. The second kappa shape index (κ2) is 10.6. The van der Waals surface area contributed by atoms with Gasteiger partial charge < -0.3 is 20.1 Å². The van der Waals surface area contributed by atoms with Crippen LogP contribution < -0.4 is 15.2 Å². The molecule has 9 nitrogen and oxygen atoms in total. The Bertz CT molecular complexity index is 1450. The van der Waals surface area contributed by atoms with E-state index in [1.165, 1.54) is 6.33 Å². The maximum atomic E-state index is 13.0. The van der Waals surface area contributed by atoms with Crippen LogP contribution in [0.15, 0.2) is 72.6 Å². The zero-order valence-electron chi connectivity index (χ0n) is 21.9. The zero-order chi connectivity index (χ0) is 27.7. The zero-order valence-corrected chi connectivity index (χ0v) is 21.9. The van der Waals surface area contributed by atoms with E-state index in [0.717, 1.165) is 24.2 Å². The molecular formula is C30H29FN6O3. The Morgan fingerprint density at radius 3 is 2.48 bits per heavy atom. The SMILES string of the molecule is N#C/C(=C\CN1CC(F)C1)C(=O)N1CC2(CC(Oc3ncnc(N)c3-c3ccc(Oc4ccccc4)cc3)C2)C1. The van der Waals surface area contributed by atoms with Gasteiger partial charge in [0.25, 0.3) is 5.91 Å². The highest BCUT2D eigenvalue weighted by molar-refractivity contribution is 5.97. The first-order valence-electron chi connectivity index (χ1n) is 13.3. The Labute approximate surface area is 231 Å². The molecule has 2 aromatic carbocycles. The molecule has 2 aliphatic heterocycles. The van der Waals surface area contributed by atoms with E-state index in [1.807, 2.05) is 65.6 Å². The number of hydrogen-bond donors (Lipinski definition) is 1. The quantitative estimate of drug-likeness (QED) is 0.337. The van der Waals surface area contributed by atoms with Gasteiger partial charge in [0.15, 0.2) is 0 Å². The summed E-state index contributed by atoms with van der Waals surface area (Å²) in [5.74, 6) is 1.93. The maximum Gasteiger partial charge on any atom is 0.264 e. The van der Waals surface area contributed by atoms with Crippen LogP contribution in [0.5, 0.6) is 17.4 Å². The number of nitriles is 1. The van der Waals surface area contributed by atoms with Crippen molar-refractivity contribution in [1.29, 1.82) is 5.26 Å². The Morgan fingerprint density at radius 1 is 1.10 bits per heavy atom. The summed E-state index contributed by atoms with van der Waals surface area (Å²) >= 11 is 0. The number of rotatable bonds is 8. The number of likely N-dealkylation sites (tertiary alicyclic amines) is 2. The molecule has 1 aliphatic carbocycles. The molecule has 1 spiro atoms. The van der Waals surface area contributed by atoms with E-state index >= 15 is 0 Å². The van der Waals surface area contributed by atoms with Crippen molar-refractivity contribution in [2.75, 3.05) is 38.5 Å². The van der Waals surface area contributed by atoms with Crippen molar-refractivity contribution in [3.63, 3.8) is 0 Å². The van der Waals surface area contributed by atoms with Gasteiger partial charge >= 0.3 is 0 Å². The van der Waals surface area contributed by atoms with E-state index in [1.54, 1.807) is 11.0 Å². The number of alkyl halides is 1. The Morgan fingerprint density at radius 2 is 1.80 bits per heavy atom. The highest BCUT2D eigenvalue weighted by Crippen LogP contribution is 2.50. The van der Waals surface area contributed by atoms with Crippen LogP contribution in [0.1, 0.15) is 12.8 Å². The van der Waals surface area contributed by atoms with Crippen LogP contribution in [0.3, 0.4) is 0 Å². The van der Waals surface area contributed by atoms with Crippen LogP contribution in [0.4, 0.5) is 10.2 Å². The predicted molar refractivity (Wildman–Crippen MR) is 146 cm³/mol. The normalized spacial score (nSPS) is 18.8. The van der Waals surface area contributed by atoms with Crippen molar-refractivity contribution < 1.29 is 18.7 Å². The summed E-state index contributed by atoms with van der Waals surface area (Å²) in [6.07, 6.45) is 3.68. The topological polar surface area (TPSA) is 118 Å². The molecule has 0 radical (unpaired) electrons. The molecule has 204 valence electrons. The lowest BCUT2D eigenvalue weighted by atomic mass is 9.61. The van der Waals surface area contributed by atoms with Crippen molar-refractivity contribution in [2.24, 2.45) is 5.41 Å². The van der Waals surface area contributed by atoms with Gasteiger partial charge in [0, 0.05) is 38.1 Å². The minimum atomic E-state index is -0.811. The molecule has 2 saturated heterocycles. The summed E-state index contributed by atoms with van der Waals surface area (Å²) in [5, 5.41) is 9.44. The standard InChI is InChI=1S/C30H29FN6O3/c31-22-15-36(16-22)11-10-21(14-32)29(38)37-17-30(18-37)12-25(13-30)40-28-26(27(33)34-19-35-28)20-6-8-24(9-7-20)39-23-4-2-1-3-5-23/h1-10,19,22,25H,11-13,15-18H2,(H2,33,34,35)/b21-10+. The monoisotopic (exact) mass is 540 g/mol. The second-order valence-corrected chi connectivity index (χ2v) is 10.7. The summed E-state index contributed by atoms with van der Waals surface area (Å²) in [4.78, 5) is 24.9. The lowest BCUT2D eigenvalue weighted by Gasteiger charge is -2.58. The smallest absolute Gasteiger partial charge is 0.264 e. The van der Waals surface area contributed by atoms with Crippen molar-refractivity contribution in [3.05, 3.63) is 72.6 Å². The van der Waals surface area contributed by atoms with Gasteiger partial charge in [-0.05, 0) is 48.7 Å². The van der Waals surface area contributed by atoms with Gasteiger partial charge in [-0.15, -0.1) is 0 Å². The van der Waals surface area contributed by atoms with Gasteiger partial charge in [0.1, 0.15) is 47.6 Å². The van der Waals surface area contributed by atoms with Crippen LogP contribution in [-0.4, -0.2) is 70.7 Å². The third kappa shape index (κ3) is 5.20. The molecule has 3 fully saturated rings. The minimum absolute atomic E-state index is 0.00498. The van der Waals surface area contributed by atoms with Crippen molar-refractivity contribution in [2.45, 2.75) is 25.1 Å². The number of anilines is 1. The summed E-state index contributed by atoms with van der Waals surface area (Å²) in [6.45, 7) is 2.29.